The normalized spacial score (nSPS) is 26.1. The number of aliphatic hydroxyl groups is 1. The summed E-state index contributed by atoms with van der Waals surface area (Å²) < 4.78 is 0. The lowest BCUT2D eigenvalue weighted by molar-refractivity contribution is -0.0647. The Morgan fingerprint density at radius 3 is 2.52 bits per heavy atom. The maximum absolute atomic E-state index is 11.2. The zero-order valence-electron chi connectivity index (χ0n) is 12.8. The third-order valence-corrected chi connectivity index (χ3v) is 4.38. The molecule has 21 heavy (non-hydrogen) atoms. The Morgan fingerprint density at radius 1 is 1.38 bits per heavy atom. The molecule has 1 aromatic carbocycles. The number of hydrogen-bond acceptors (Lipinski definition) is 3. The van der Waals surface area contributed by atoms with Crippen molar-refractivity contribution in [2.45, 2.75) is 39.0 Å². The second-order valence-corrected chi connectivity index (χ2v) is 6.76. The number of benzene rings is 1. The van der Waals surface area contributed by atoms with E-state index in [1.807, 2.05) is 51.1 Å². The summed E-state index contributed by atoms with van der Waals surface area (Å²) in [7, 11) is 0. The first-order chi connectivity index (χ1) is 9.74. The molecule has 1 aliphatic heterocycles. The first-order valence-electron chi connectivity index (χ1n) is 7.21. The smallest absolute Gasteiger partial charge is 0.407 e. The molecule has 5 nitrogen and oxygen atoms in total. The summed E-state index contributed by atoms with van der Waals surface area (Å²) in [6.07, 6.45) is -0.985. The summed E-state index contributed by atoms with van der Waals surface area (Å²) in [6, 6.07) is 9.61. The zero-order valence-corrected chi connectivity index (χ0v) is 12.8. The van der Waals surface area contributed by atoms with Gasteiger partial charge in [0.1, 0.15) is 5.60 Å². The van der Waals surface area contributed by atoms with Crippen LogP contribution >= 0.6 is 0 Å². The Bertz CT molecular complexity index is 498. The predicted molar refractivity (Wildman–Crippen MR) is 81.1 cm³/mol. The summed E-state index contributed by atoms with van der Waals surface area (Å²) in [5, 5.41) is 23.5. The van der Waals surface area contributed by atoms with Gasteiger partial charge in [-0.25, -0.2) is 4.79 Å². The van der Waals surface area contributed by atoms with Crippen molar-refractivity contribution < 1.29 is 15.0 Å². The molecule has 2 atom stereocenters. The molecule has 1 amide bonds. The first kappa shape index (κ1) is 15.8. The summed E-state index contributed by atoms with van der Waals surface area (Å²) >= 11 is 0. The molecule has 0 aromatic heterocycles. The molecule has 0 aliphatic carbocycles. The first-order valence-corrected chi connectivity index (χ1v) is 7.21. The summed E-state index contributed by atoms with van der Waals surface area (Å²) in [6.45, 7) is 6.87. The molecule has 1 heterocycles. The molecule has 5 heteroatoms. The van der Waals surface area contributed by atoms with E-state index in [1.165, 1.54) is 4.90 Å². The molecule has 0 spiro atoms. The van der Waals surface area contributed by atoms with E-state index in [0.29, 0.717) is 13.1 Å². The van der Waals surface area contributed by atoms with Gasteiger partial charge in [-0.15, -0.1) is 0 Å². The van der Waals surface area contributed by atoms with Gasteiger partial charge >= 0.3 is 6.09 Å². The zero-order chi connectivity index (χ0) is 15.7. The lowest BCUT2D eigenvalue weighted by Gasteiger charge is -2.41. The second-order valence-electron chi connectivity index (χ2n) is 6.76. The largest absolute Gasteiger partial charge is 0.465 e. The Labute approximate surface area is 125 Å². The van der Waals surface area contributed by atoms with E-state index in [0.717, 1.165) is 5.56 Å². The number of nitrogens with one attached hydrogen (secondary N) is 1. The van der Waals surface area contributed by atoms with Crippen LogP contribution in [-0.4, -0.2) is 45.9 Å². The SMILES string of the molecule is CC(C)(C)[C@]1(O)CN(C(=O)O)C[C@@H]1NCc1ccccc1. The van der Waals surface area contributed by atoms with Crippen LogP contribution < -0.4 is 5.32 Å². The van der Waals surface area contributed by atoms with E-state index >= 15 is 0 Å². The lowest BCUT2D eigenvalue weighted by Crippen LogP contribution is -2.57. The van der Waals surface area contributed by atoms with Crippen LogP contribution in [0.3, 0.4) is 0 Å². The van der Waals surface area contributed by atoms with E-state index in [9.17, 15) is 15.0 Å². The number of carboxylic acid groups (broad SMARTS) is 1. The van der Waals surface area contributed by atoms with Crippen molar-refractivity contribution >= 4 is 6.09 Å². The van der Waals surface area contributed by atoms with Crippen LogP contribution in [0.4, 0.5) is 4.79 Å². The average molecular weight is 292 g/mol. The molecular formula is C16H24N2O3. The van der Waals surface area contributed by atoms with Crippen LogP contribution in [0.2, 0.25) is 0 Å². The van der Waals surface area contributed by atoms with Gasteiger partial charge in [0.25, 0.3) is 0 Å². The molecule has 116 valence electrons. The summed E-state index contributed by atoms with van der Waals surface area (Å²) in [5.41, 5.74) is -0.381. The van der Waals surface area contributed by atoms with Gasteiger partial charge in [-0.3, -0.25) is 0 Å². The minimum Gasteiger partial charge on any atom is -0.465 e. The van der Waals surface area contributed by atoms with E-state index in [4.69, 9.17) is 0 Å². The molecule has 1 aliphatic rings. The molecule has 0 unspecified atom stereocenters. The predicted octanol–water partition coefficient (Wildman–Crippen LogP) is 1.92. The Kier molecular flexibility index (Phi) is 4.25. The van der Waals surface area contributed by atoms with E-state index in [-0.39, 0.29) is 12.6 Å². The molecule has 1 fully saturated rings. The monoisotopic (exact) mass is 292 g/mol. The standard InChI is InChI=1S/C16H24N2O3/c1-15(2,3)16(21)11-18(14(19)20)10-13(16)17-9-12-7-5-4-6-8-12/h4-8,13,17,21H,9-11H2,1-3H3,(H,19,20)/t13-,16-/m0/s1. The summed E-state index contributed by atoms with van der Waals surface area (Å²) in [4.78, 5) is 12.5. The minimum absolute atomic E-state index is 0.137. The molecule has 1 aromatic rings. The number of rotatable bonds is 3. The van der Waals surface area contributed by atoms with Gasteiger partial charge in [-0.2, -0.15) is 0 Å². The molecule has 1 saturated heterocycles. The third kappa shape index (κ3) is 3.19. The van der Waals surface area contributed by atoms with Gasteiger partial charge < -0.3 is 20.4 Å². The Morgan fingerprint density at radius 2 is 2.00 bits per heavy atom. The number of hydrogen-bond donors (Lipinski definition) is 3. The van der Waals surface area contributed by atoms with Crippen LogP contribution in [0.25, 0.3) is 0 Å². The molecular weight excluding hydrogens is 268 g/mol. The molecule has 3 N–H and O–H groups in total. The second kappa shape index (κ2) is 5.66. The van der Waals surface area contributed by atoms with E-state index in [2.05, 4.69) is 5.32 Å². The summed E-state index contributed by atoms with van der Waals surface area (Å²) in [5.74, 6) is 0. The Balaban J connectivity index is 2.13. The highest BCUT2D eigenvalue weighted by Crippen LogP contribution is 2.38. The van der Waals surface area contributed by atoms with Gasteiger partial charge in [0.15, 0.2) is 0 Å². The highest BCUT2D eigenvalue weighted by atomic mass is 16.4. The molecule has 0 saturated carbocycles. The van der Waals surface area contributed by atoms with Crippen LogP contribution in [0, 0.1) is 5.41 Å². The number of β-amino-alcohol motifs (C(OH)–C–C–N with tert-alkyl or cyclic N) is 1. The fraction of sp³-hybridized carbons (Fsp3) is 0.562. The van der Waals surface area contributed by atoms with Gasteiger partial charge in [0.05, 0.1) is 12.6 Å². The van der Waals surface area contributed by atoms with Gasteiger partial charge in [0.2, 0.25) is 0 Å². The quantitative estimate of drug-likeness (QED) is 0.796. The van der Waals surface area contributed by atoms with E-state index < -0.39 is 17.1 Å². The fourth-order valence-corrected chi connectivity index (χ4v) is 2.81. The van der Waals surface area contributed by atoms with Crippen molar-refractivity contribution in [1.29, 1.82) is 0 Å². The molecule has 2 rings (SSSR count). The van der Waals surface area contributed by atoms with Crippen LogP contribution in [-0.2, 0) is 6.54 Å². The number of carbonyl (C=O) groups is 1. The van der Waals surface area contributed by atoms with Crippen molar-refractivity contribution in [3.05, 3.63) is 35.9 Å². The maximum atomic E-state index is 11.2. The lowest BCUT2D eigenvalue weighted by atomic mass is 9.73. The van der Waals surface area contributed by atoms with Crippen molar-refractivity contribution in [3.8, 4) is 0 Å². The van der Waals surface area contributed by atoms with Crippen molar-refractivity contribution in [2.75, 3.05) is 13.1 Å². The van der Waals surface area contributed by atoms with E-state index in [1.54, 1.807) is 0 Å². The highest BCUT2D eigenvalue weighted by Gasteiger charge is 2.53. The van der Waals surface area contributed by atoms with Gasteiger partial charge in [-0.05, 0) is 11.0 Å². The van der Waals surface area contributed by atoms with Crippen LogP contribution in [0.1, 0.15) is 26.3 Å². The van der Waals surface area contributed by atoms with Gasteiger partial charge in [0, 0.05) is 13.1 Å². The van der Waals surface area contributed by atoms with Crippen molar-refractivity contribution in [3.63, 3.8) is 0 Å². The van der Waals surface area contributed by atoms with Crippen molar-refractivity contribution in [2.24, 2.45) is 5.41 Å². The van der Waals surface area contributed by atoms with Gasteiger partial charge in [-0.1, -0.05) is 51.1 Å². The molecule has 0 radical (unpaired) electrons. The minimum atomic E-state index is -1.08. The maximum Gasteiger partial charge on any atom is 0.407 e. The van der Waals surface area contributed by atoms with Crippen LogP contribution in [0.15, 0.2) is 30.3 Å². The van der Waals surface area contributed by atoms with Crippen LogP contribution in [0.5, 0.6) is 0 Å². The third-order valence-electron chi connectivity index (χ3n) is 4.38. The molecule has 0 bridgehead atoms. The fourth-order valence-electron chi connectivity index (χ4n) is 2.81. The average Bonchev–Trinajstić information content (AvgIpc) is 2.76. The topological polar surface area (TPSA) is 72.8 Å². The number of nitrogens with zero attached hydrogens (tertiary/aromatic N) is 1. The Hall–Kier alpha value is -1.59. The highest BCUT2D eigenvalue weighted by molar-refractivity contribution is 5.66. The number of likely N-dealkylation sites (tertiary alicyclic amines) is 1. The number of amides is 1. The van der Waals surface area contributed by atoms with Crippen molar-refractivity contribution in [1.82, 2.24) is 10.2 Å².